The topological polar surface area (TPSA) is 64.0 Å². The van der Waals surface area contributed by atoms with Gasteiger partial charge in [-0.05, 0) is 31.5 Å². The molecule has 5 nitrogen and oxygen atoms in total. The van der Waals surface area contributed by atoms with Gasteiger partial charge in [-0.2, -0.15) is 5.10 Å². The molecule has 0 aliphatic rings. The van der Waals surface area contributed by atoms with Crippen molar-refractivity contribution in [1.29, 1.82) is 0 Å². The van der Waals surface area contributed by atoms with Gasteiger partial charge in [-0.15, -0.1) is 0 Å². The number of aromatic nitrogens is 2. The van der Waals surface area contributed by atoms with Crippen LogP contribution in [0, 0.1) is 13.8 Å². The fourth-order valence-electron chi connectivity index (χ4n) is 1.76. The molecule has 2 aromatic rings. The van der Waals surface area contributed by atoms with E-state index in [-0.39, 0.29) is 4.90 Å². The smallest absolute Gasteiger partial charge is 0.263 e. The maximum absolute atomic E-state index is 12.3. The second-order valence-corrected chi connectivity index (χ2v) is 6.40. The lowest BCUT2D eigenvalue weighted by Gasteiger charge is -2.10. The minimum Gasteiger partial charge on any atom is -0.264 e. The average Bonchev–Trinajstić information content (AvgIpc) is 2.60. The van der Waals surface area contributed by atoms with Crippen LogP contribution in [0.15, 0.2) is 29.2 Å². The van der Waals surface area contributed by atoms with Crippen molar-refractivity contribution >= 4 is 27.4 Å². The molecule has 0 atom stereocenters. The fourth-order valence-corrected chi connectivity index (χ4v) is 3.35. The molecule has 7 heteroatoms. The van der Waals surface area contributed by atoms with Crippen LogP contribution in [0.25, 0.3) is 0 Å². The molecule has 2 rings (SSSR count). The van der Waals surface area contributed by atoms with Crippen LogP contribution in [-0.4, -0.2) is 18.2 Å². The van der Waals surface area contributed by atoms with Gasteiger partial charge in [-0.25, -0.2) is 8.42 Å². The normalized spacial score (nSPS) is 11.6. The Bertz CT molecular complexity index is 723. The summed E-state index contributed by atoms with van der Waals surface area (Å²) in [5, 5.41) is 4.47. The maximum Gasteiger partial charge on any atom is 0.263 e. The fraction of sp³-hybridized carbons (Fsp3) is 0.250. The zero-order valence-electron chi connectivity index (χ0n) is 10.8. The Labute approximate surface area is 117 Å². The number of anilines is 1. The highest BCUT2D eigenvalue weighted by atomic mass is 35.5. The number of nitrogens with zero attached hydrogens (tertiary/aromatic N) is 2. The third kappa shape index (κ3) is 2.90. The van der Waals surface area contributed by atoms with Gasteiger partial charge < -0.3 is 0 Å². The lowest BCUT2D eigenvalue weighted by Crippen LogP contribution is -2.16. The van der Waals surface area contributed by atoms with E-state index in [1.54, 1.807) is 39.1 Å². The van der Waals surface area contributed by atoms with Gasteiger partial charge in [0.25, 0.3) is 10.0 Å². The van der Waals surface area contributed by atoms with Gasteiger partial charge in [-0.1, -0.05) is 17.7 Å². The Balaban J connectivity index is 2.43. The second-order valence-electron chi connectivity index (χ2n) is 4.31. The van der Waals surface area contributed by atoms with E-state index in [2.05, 4.69) is 9.82 Å². The SMILES string of the molecule is Cc1cc(NS(=O)(=O)c2cc(Cl)ccc2C)n(C)n1. The zero-order chi connectivity index (χ0) is 14.2. The van der Waals surface area contributed by atoms with Crippen LogP contribution >= 0.6 is 11.6 Å². The minimum absolute atomic E-state index is 0.166. The molecular formula is C12H14ClN3O2S. The summed E-state index contributed by atoms with van der Waals surface area (Å²) in [6.07, 6.45) is 0. The van der Waals surface area contributed by atoms with Gasteiger partial charge in [0.1, 0.15) is 5.82 Å². The van der Waals surface area contributed by atoms with Crippen molar-refractivity contribution in [2.75, 3.05) is 4.72 Å². The number of sulfonamides is 1. The van der Waals surface area contributed by atoms with Gasteiger partial charge in [0.15, 0.2) is 0 Å². The van der Waals surface area contributed by atoms with Gasteiger partial charge in [-0.3, -0.25) is 9.40 Å². The first-order chi connectivity index (χ1) is 8.79. The molecule has 0 bridgehead atoms. The predicted octanol–water partition coefficient (Wildman–Crippen LogP) is 2.49. The van der Waals surface area contributed by atoms with E-state index in [1.807, 2.05) is 0 Å². The molecule has 1 N–H and O–H groups in total. The molecule has 0 unspecified atom stereocenters. The van der Waals surface area contributed by atoms with Crippen LogP contribution in [0.3, 0.4) is 0 Å². The largest absolute Gasteiger partial charge is 0.264 e. The van der Waals surface area contributed by atoms with Crippen LogP contribution in [0.2, 0.25) is 5.02 Å². The van der Waals surface area contributed by atoms with E-state index in [4.69, 9.17) is 11.6 Å². The van der Waals surface area contributed by atoms with E-state index in [9.17, 15) is 8.42 Å². The molecule has 0 aliphatic carbocycles. The van der Waals surface area contributed by atoms with Crippen molar-refractivity contribution in [1.82, 2.24) is 9.78 Å². The van der Waals surface area contributed by atoms with Crippen molar-refractivity contribution in [3.8, 4) is 0 Å². The molecule has 102 valence electrons. The highest BCUT2D eigenvalue weighted by molar-refractivity contribution is 7.92. The van der Waals surface area contributed by atoms with Crippen molar-refractivity contribution in [2.45, 2.75) is 18.7 Å². The Morgan fingerprint density at radius 3 is 2.53 bits per heavy atom. The van der Waals surface area contributed by atoms with Crippen LogP contribution in [0.4, 0.5) is 5.82 Å². The van der Waals surface area contributed by atoms with Gasteiger partial charge in [0, 0.05) is 18.1 Å². The summed E-state index contributed by atoms with van der Waals surface area (Å²) in [7, 11) is -1.99. The third-order valence-corrected chi connectivity index (χ3v) is 4.41. The van der Waals surface area contributed by atoms with Crippen LogP contribution in [0.5, 0.6) is 0 Å². The third-order valence-electron chi connectivity index (χ3n) is 2.68. The highest BCUT2D eigenvalue weighted by Gasteiger charge is 2.19. The van der Waals surface area contributed by atoms with Crippen LogP contribution in [-0.2, 0) is 17.1 Å². The molecule has 0 radical (unpaired) electrons. The van der Waals surface area contributed by atoms with Crippen LogP contribution < -0.4 is 4.72 Å². The summed E-state index contributed by atoms with van der Waals surface area (Å²) in [5.41, 5.74) is 1.37. The quantitative estimate of drug-likeness (QED) is 0.947. The van der Waals surface area contributed by atoms with Crippen molar-refractivity contribution in [3.05, 3.63) is 40.5 Å². The molecule has 19 heavy (non-hydrogen) atoms. The standard InChI is InChI=1S/C12H14ClN3O2S/c1-8-4-5-10(13)7-11(8)19(17,18)15-12-6-9(2)14-16(12)3/h4-7,15H,1-3H3. The van der Waals surface area contributed by atoms with Gasteiger partial charge >= 0.3 is 0 Å². The number of benzene rings is 1. The summed E-state index contributed by atoms with van der Waals surface area (Å²) in [6, 6.07) is 6.43. The molecule has 1 aromatic carbocycles. The molecular weight excluding hydrogens is 286 g/mol. The molecule has 0 amide bonds. The van der Waals surface area contributed by atoms with E-state index in [1.165, 1.54) is 10.7 Å². The Hall–Kier alpha value is -1.53. The number of hydrogen-bond donors (Lipinski definition) is 1. The van der Waals surface area contributed by atoms with E-state index >= 15 is 0 Å². The summed E-state index contributed by atoms with van der Waals surface area (Å²) in [6.45, 7) is 3.52. The van der Waals surface area contributed by atoms with Crippen molar-refractivity contribution < 1.29 is 8.42 Å². The molecule has 0 saturated heterocycles. The highest BCUT2D eigenvalue weighted by Crippen LogP contribution is 2.22. The summed E-state index contributed by atoms with van der Waals surface area (Å²) >= 11 is 5.85. The number of aryl methyl sites for hydroxylation is 3. The average molecular weight is 300 g/mol. The van der Waals surface area contributed by atoms with Gasteiger partial charge in [0.2, 0.25) is 0 Å². The monoisotopic (exact) mass is 299 g/mol. The second kappa shape index (κ2) is 4.86. The van der Waals surface area contributed by atoms with Crippen molar-refractivity contribution in [2.24, 2.45) is 7.05 Å². The number of hydrogen-bond acceptors (Lipinski definition) is 3. The molecule has 0 saturated carbocycles. The first kappa shape index (κ1) is 13.9. The maximum atomic E-state index is 12.3. The van der Waals surface area contributed by atoms with Crippen LogP contribution in [0.1, 0.15) is 11.3 Å². The number of halogens is 1. The summed E-state index contributed by atoms with van der Waals surface area (Å²) in [4.78, 5) is 0.166. The minimum atomic E-state index is -3.67. The lowest BCUT2D eigenvalue weighted by atomic mass is 10.2. The van der Waals surface area contributed by atoms with E-state index in [0.29, 0.717) is 16.4 Å². The molecule has 0 aliphatic heterocycles. The molecule has 1 heterocycles. The van der Waals surface area contributed by atoms with E-state index < -0.39 is 10.0 Å². The first-order valence-corrected chi connectivity index (χ1v) is 7.45. The molecule has 0 fully saturated rings. The van der Waals surface area contributed by atoms with E-state index in [0.717, 1.165) is 5.69 Å². The Kier molecular flexibility index (Phi) is 3.56. The summed E-state index contributed by atoms with van der Waals surface area (Å²) < 4.78 is 28.6. The first-order valence-electron chi connectivity index (χ1n) is 5.59. The molecule has 0 spiro atoms. The number of nitrogens with one attached hydrogen (secondary N) is 1. The number of rotatable bonds is 3. The Morgan fingerprint density at radius 2 is 1.95 bits per heavy atom. The predicted molar refractivity (Wildman–Crippen MR) is 74.9 cm³/mol. The summed E-state index contributed by atoms with van der Waals surface area (Å²) in [5.74, 6) is 0.414. The van der Waals surface area contributed by atoms with Crippen molar-refractivity contribution in [3.63, 3.8) is 0 Å². The molecule has 1 aromatic heterocycles. The zero-order valence-corrected chi connectivity index (χ0v) is 12.4. The lowest BCUT2D eigenvalue weighted by molar-refractivity contribution is 0.599. The van der Waals surface area contributed by atoms with Gasteiger partial charge in [0.05, 0.1) is 10.6 Å². The Morgan fingerprint density at radius 1 is 1.26 bits per heavy atom.